The van der Waals surface area contributed by atoms with Gasteiger partial charge in [0.15, 0.2) is 0 Å². The van der Waals surface area contributed by atoms with E-state index in [0.29, 0.717) is 6.54 Å². The molecule has 0 aromatic heterocycles. The van der Waals surface area contributed by atoms with Crippen molar-refractivity contribution >= 4 is 6.09 Å². The fourth-order valence-electron chi connectivity index (χ4n) is 1.04. The Balaban J connectivity index is 0. The third kappa shape index (κ3) is 7.51. The van der Waals surface area contributed by atoms with Crippen molar-refractivity contribution in [1.29, 1.82) is 0 Å². The molecule has 0 fully saturated rings. The predicted octanol–water partition coefficient (Wildman–Crippen LogP) is 2.65. The first-order valence-corrected chi connectivity index (χ1v) is 5.92. The third-order valence-corrected chi connectivity index (χ3v) is 1.76. The molecule has 0 spiro atoms. The Morgan fingerprint density at radius 2 is 1.81 bits per heavy atom. The van der Waals surface area contributed by atoms with E-state index >= 15 is 0 Å². The summed E-state index contributed by atoms with van der Waals surface area (Å²) in [6, 6.07) is -0.199. The van der Waals surface area contributed by atoms with Crippen LogP contribution in [0.4, 0.5) is 4.79 Å². The molecule has 0 rings (SSSR count). The minimum absolute atomic E-state index is 0.0485. The first-order valence-electron chi connectivity index (χ1n) is 5.92. The van der Waals surface area contributed by atoms with Gasteiger partial charge in [-0.05, 0) is 34.6 Å². The number of amides is 1. The van der Waals surface area contributed by atoms with Crippen LogP contribution in [0.2, 0.25) is 0 Å². The normalized spacial score (nSPS) is 12.2. The predicted molar refractivity (Wildman–Crippen MR) is 66.5 cm³/mol. The minimum atomic E-state index is -0.486. The topological polar surface area (TPSA) is 49.8 Å². The van der Waals surface area contributed by atoms with Gasteiger partial charge in [0.1, 0.15) is 5.60 Å². The summed E-state index contributed by atoms with van der Waals surface area (Å²) >= 11 is 0. The van der Waals surface area contributed by atoms with Gasteiger partial charge in [0.05, 0.1) is 12.6 Å². The van der Waals surface area contributed by atoms with Crippen LogP contribution in [-0.4, -0.2) is 40.9 Å². The zero-order chi connectivity index (χ0) is 13.4. The molecular formula is C12H27NO3. The first-order chi connectivity index (χ1) is 7.31. The molecule has 4 nitrogen and oxygen atoms in total. The van der Waals surface area contributed by atoms with Crippen molar-refractivity contribution in [2.24, 2.45) is 0 Å². The highest BCUT2D eigenvalue weighted by atomic mass is 16.6. The van der Waals surface area contributed by atoms with Gasteiger partial charge in [0.25, 0.3) is 0 Å². The lowest BCUT2D eigenvalue weighted by atomic mass is 10.2. The average Bonchev–Trinajstić information content (AvgIpc) is 2.19. The fraction of sp³-hybridized carbons (Fsp3) is 0.917. The second kappa shape index (κ2) is 8.39. The van der Waals surface area contributed by atoms with E-state index < -0.39 is 5.60 Å². The summed E-state index contributed by atoms with van der Waals surface area (Å²) in [7, 11) is 0. The lowest BCUT2D eigenvalue weighted by Gasteiger charge is -2.29. The molecule has 0 bridgehead atoms. The molecule has 0 saturated carbocycles. The average molecular weight is 233 g/mol. The molecule has 0 aliphatic carbocycles. The first kappa shape index (κ1) is 17.6. The molecule has 1 N–H and O–H groups in total. The second-order valence-electron chi connectivity index (χ2n) is 4.30. The number of rotatable bonds is 3. The number of ether oxygens (including phenoxy) is 1. The van der Waals surface area contributed by atoms with Gasteiger partial charge in [-0.1, -0.05) is 13.8 Å². The number of carbonyl (C=O) groups is 1. The molecule has 98 valence electrons. The van der Waals surface area contributed by atoms with E-state index in [1.807, 2.05) is 41.5 Å². The summed E-state index contributed by atoms with van der Waals surface area (Å²) in [6.07, 6.45) is -0.374. The zero-order valence-electron chi connectivity index (χ0n) is 11.7. The van der Waals surface area contributed by atoms with Gasteiger partial charge in [0.2, 0.25) is 0 Å². The lowest BCUT2D eigenvalue weighted by Crippen LogP contribution is -2.43. The van der Waals surface area contributed by atoms with Crippen LogP contribution in [0.1, 0.15) is 48.5 Å². The monoisotopic (exact) mass is 233 g/mol. The van der Waals surface area contributed by atoms with Gasteiger partial charge in [-0.2, -0.15) is 0 Å². The number of aliphatic hydroxyl groups excluding tert-OH is 1. The summed E-state index contributed by atoms with van der Waals surface area (Å²) in [4.78, 5) is 13.1. The molecule has 0 aromatic rings. The quantitative estimate of drug-likeness (QED) is 0.815. The summed E-state index contributed by atoms with van der Waals surface area (Å²) in [5.41, 5.74) is -0.486. The highest BCUT2D eigenvalue weighted by Gasteiger charge is 2.24. The molecule has 0 aliphatic rings. The number of hydrogen-bond acceptors (Lipinski definition) is 3. The van der Waals surface area contributed by atoms with Crippen LogP contribution < -0.4 is 0 Å². The Bertz CT molecular complexity index is 187. The second-order valence-corrected chi connectivity index (χ2v) is 4.30. The van der Waals surface area contributed by atoms with Gasteiger partial charge in [-0.3, -0.25) is 0 Å². The van der Waals surface area contributed by atoms with Crippen LogP contribution >= 0.6 is 0 Å². The van der Waals surface area contributed by atoms with Crippen molar-refractivity contribution in [2.45, 2.75) is 60.1 Å². The molecule has 0 saturated heterocycles. The summed E-state index contributed by atoms with van der Waals surface area (Å²) < 4.78 is 5.19. The van der Waals surface area contributed by atoms with Crippen molar-refractivity contribution < 1.29 is 14.6 Å². The van der Waals surface area contributed by atoms with E-state index in [1.165, 1.54) is 4.90 Å². The molecule has 0 heterocycles. The SMILES string of the molecule is CC.CCN(C(=O)OC(C)(C)C)C(C)CO. The molecule has 1 unspecified atom stereocenters. The summed E-state index contributed by atoms with van der Waals surface area (Å²) in [5, 5.41) is 8.93. The van der Waals surface area contributed by atoms with Gasteiger partial charge >= 0.3 is 6.09 Å². The maximum absolute atomic E-state index is 11.6. The van der Waals surface area contributed by atoms with E-state index in [9.17, 15) is 4.79 Å². The van der Waals surface area contributed by atoms with Gasteiger partial charge in [-0.15, -0.1) is 0 Å². The van der Waals surface area contributed by atoms with Crippen molar-refractivity contribution in [3.63, 3.8) is 0 Å². The lowest BCUT2D eigenvalue weighted by molar-refractivity contribution is 0.0130. The number of nitrogens with zero attached hydrogens (tertiary/aromatic N) is 1. The maximum Gasteiger partial charge on any atom is 0.410 e. The Labute approximate surface area is 99.6 Å². The number of carbonyl (C=O) groups excluding carboxylic acids is 1. The van der Waals surface area contributed by atoms with Crippen LogP contribution in [0.3, 0.4) is 0 Å². The van der Waals surface area contributed by atoms with E-state index in [2.05, 4.69) is 0 Å². The maximum atomic E-state index is 11.6. The van der Waals surface area contributed by atoms with Crippen LogP contribution in [-0.2, 0) is 4.74 Å². The summed E-state index contributed by atoms with van der Waals surface area (Å²) in [5.74, 6) is 0. The molecule has 0 aromatic carbocycles. The van der Waals surface area contributed by atoms with E-state index in [0.717, 1.165) is 0 Å². The fourth-order valence-corrected chi connectivity index (χ4v) is 1.04. The Morgan fingerprint density at radius 1 is 1.38 bits per heavy atom. The smallest absolute Gasteiger partial charge is 0.410 e. The van der Waals surface area contributed by atoms with Crippen LogP contribution in [0.5, 0.6) is 0 Å². The molecule has 0 aliphatic heterocycles. The Morgan fingerprint density at radius 3 is 2.06 bits per heavy atom. The van der Waals surface area contributed by atoms with Gasteiger partial charge in [0, 0.05) is 6.54 Å². The van der Waals surface area contributed by atoms with E-state index in [-0.39, 0.29) is 18.7 Å². The van der Waals surface area contributed by atoms with Crippen molar-refractivity contribution in [3.8, 4) is 0 Å². The van der Waals surface area contributed by atoms with E-state index in [4.69, 9.17) is 9.84 Å². The Kier molecular flexibility index (Phi) is 9.24. The van der Waals surface area contributed by atoms with Crippen LogP contribution in [0.25, 0.3) is 0 Å². The number of aliphatic hydroxyl groups is 1. The zero-order valence-corrected chi connectivity index (χ0v) is 11.7. The molecule has 1 amide bonds. The van der Waals surface area contributed by atoms with Crippen LogP contribution in [0, 0.1) is 0 Å². The Hall–Kier alpha value is -0.770. The third-order valence-electron chi connectivity index (χ3n) is 1.76. The number of likely N-dealkylation sites (N-methyl/N-ethyl adjacent to an activating group) is 1. The largest absolute Gasteiger partial charge is 0.444 e. The van der Waals surface area contributed by atoms with Crippen molar-refractivity contribution in [1.82, 2.24) is 4.90 Å². The standard InChI is InChI=1S/C10H21NO3.C2H6/c1-6-11(8(2)7-12)9(13)14-10(3,4)5;1-2/h8,12H,6-7H2,1-5H3;1-2H3. The molecular weight excluding hydrogens is 206 g/mol. The van der Waals surface area contributed by atoms with Crippen LogP contribution in [0.15, 0.2) is 0 Å². The van der Waals surface area contributed by atoms with Crippen molar-refractivity contribution in [3.05, 3.63) is 0 Å². The summed E-state index contributed by atoms with van der Waals surface area (Å²) in [6.45, 7) is 13.6. The number of hydrogen-bond donors (Lipinski definition) is 1. The van der Waals surface area contributed by atoms with Gasteiger partial charge in [-0.25, -0.2) is 4.79 Å². The molecule has 16 heavy (non-hydrogen) atoms. The highest BCUT2D eigenvalue weighted by molar-refractivity contribution is 5.68. The van der Waals surface area contributed by atoms with Gasteiger partial charge < -0.3 is 14.7 Å². The molecule has 0 radical (unpaired) electrons. The minimum Gasteiger partial charge on any atom is -0.444 e. The highest BCUT2D eigenvalue weighted by Crippen LogP contribution is 2.11. The van der Waals surface area contributed by atoms with Crippen molar-refractivity contribution in [2.75, 3.05) is 13.2 Å². The van der Waals surface area contributed by atoms with E-state index in [1.54, 1.807) is 6.92 Å². The molecule has 1 atom stereocenters. The molecule has 4 heteroatoms.